The quantitative estimate of drug-likeness (QED) is 0.664. The van der Waals surface area contributed by atoms with Crippen LogP contribution in [0.15, 0.2) is 18.2 Å². The normalized spacial score (nSPS) is 18.7. The highest BCUT2D eigenvalue weighted by Crippen LogP contribution is 2.36. The van der Waals surface area contributed by atoms with Gasteiger partial charge in [0.05, 0.1) is 58.0 Å². The minimum absolute atomic E-state index is 0.238. The van der Waals surface area contributed by atoms with Crippen LogP contribution in [0.3, 0.4) is 0 Å². The highest BCUT2D eigenvalue weighted by atomic mass is 19.1. The number of carbonyl (C=O) groups is 2. The van der Waals surface area contributed by atoms with E-state index < -0.39 is 5.82 Å². The summed E-state index contributed by atoms with van der Waals surface area (Å²) in [6, 6.07) is 4.10. The Hall–Kier alpha value is -3.21. The molecule has 0 unspecified atom stereocenters. The number of anilines is 1. The van der Waals surface area contributed by atoms with Gasteiger partial charge in [-0.1, -0.05) is 0 Å². The summed E-state index contributed by atoms with van der Waals surface area (Å²) in [7, 11) is 1.46. The molecule has 1 saturated heterocycles. The molecule has 2 aromatic rings. The molecule has 10 heteroatoms. The van der Waals surface area contributed by atoms with Crippen LogP contribution >= 0.6 is 0 Å². The van der Waals surface area contributed by atoms with Gasteiger partial charge in [-0.2, -0.15) is 0 Å². The minimum Gasteiger partial charge on any atom is -0.494 e. The molecule has 1 fully saturated rings. The molecule has 1 aromatic carbocycles. The molecule has 2 amide bonds. The summed E-state index contributed by atoms with van der Waals surface area (Å²) >= 11 is 0. The van der Waals surface area contributed by atoms with Gasteiger partial charge >= 0.3 is 0 Å². The Morgan fingerprint density at radius 2 is 1.74 bits per heavy atom. The van der Waals surface area contributed by atoms with Gasteiger partial charge in [0.1, 0.15) is 11.4 Å². The topological polar surface area (TPSA) is 102 Å². The molecule has 0 saturated carbocycles. The van der Waals surface area contributed by atoms with Crippen LogP contribution in [0.25, 0.3) is 11.6 Å². The van der Waals surface area contributed by atoms with Crippen LogP contribution < -0.4 is 10.1 Å². The van der Waals surface area contributed by atoms with Crippen LogP contribution in [0.4, 0.5) is 10.1 Å². The molecule has 0 bridgehead atoms. The Bertz CT molecular complexity index is 1080. The summed E-state index contributed by atoms with van der Waals surface area (Å²) in [6.45, 7) is 5.07. The number of rotatable bonds is 3. The smallest absolute Gasteiger partial charge is 0.259 e. The van der Waals surface area contributed by atoms with Gasteiger partial charge in [0, 0.05) is 30.0 Å². The average Bonchev–Trinajstić information content (AvgIpc) is 3.29. The molecule has 0 aliphatic carbocycles. The monoisotopic (exact) mass is 473 g/mol. The molecule has 4 rings (SSSR count). The van der Waals surface area contributed by atoms with Crippen LogP contribution in [0.2, 0.25) is 0 Å². The number of nitrogens with one attached hydrogen (secondary N) is 2. The number of halogens is 1. The summed E-state index contributed by atoms with van der Waals surface area (Å²) in [5.74, 6) is -0.728. The van der Waals surface area contributed by atoms with Gasteiger partial charge in [0.15, 0.2) is 5.75 Å². The Morgan fingerprint density at radius 1 is 1.09 bits per heavy atom. The molecular formula is C24H28FN3O6. The van der Waals surface area contributed by atoms with E-state index in [0.717, 1.165) is 0 Å². The van der Waals surface area contributed by atoms with E-state index in [2.05, 4.69) is 10.3 Å². The molecule has 0 atom stereocenters. The number of H-pyrrole nitrogens is 1. The molecule has 0 radical (unpaired) electrons. The second-order valence-corrected chi connectivity index (χ2v) is 7.90. The van der Waals surface area contributed by atoms with Crippen molar-refractivity contribution in [3.05, 3.63) is 46.5 Å². The molecule has 2 aliphatic rings. The maximum Gasteiger partial charge on any atom is 0.259 e. The van der Waals surface area contributed by atoms with Crippen molar-refractivity contribution in [1.29, 1.82) is 0 Å². The van der Waals surface area contributed by atoms with Crippen molar-refractivity contribution in [3.8, 4) is 5.75 Å². The standard InChI is InChI=1S/C24H28FN3O6/c1-15-21(24(30)28-5-7-32-9-11-34-12-10-33-8-6-28)22(31-2)20(26-15)14-18-17-13-16(25)3-4-19(17)27-23(18)29/h3-4,13-14,26H,5-12H2,1-2H3,(H,27,29)/b18-14-. The fourth-order valence-electron chi connectivity index (χ4n) is 4.01. The van der Waals surface area contributed by atoms with E-state index >= 15 is 0 Å². The van der Waals surface area contributed by atoms with E-state index in [-0.39, 0.29) is 17.4 Å². The summed E-state index contributed by atoms with van der Waals surface area (Å²) < 4.78 is 35.9. The number of hydrogen-bond acceptors (Lipinski definition) is 6. The fourth-order valence-corrected chi connectivity index (χ4v) is 4.01. The molecule has 1 aromatic heterocycles. The van der Waals surface area contributed by atoms with Crippen molar-refractivity contribution < 1.29 is 32.9 Å². The molecule has 34 heavy (non-hydrogen) atoms. The van der Waals surface area contributed by atoms with Crippen LogP contribution in [0.1, 0.15) is 27.3 Å². The van der Waals surface area contributed by atoms with E-state index in [9.17, 15) is 14.0 Å². The predicted molar refractivity (Wildman–Crippen MR) is 123 cm³/mol. The number of benzene rings is 1. The van der Waals surface area contributed by atoms with Gasteiger partial charge < -0.3 is 34.1 Å². The van der Waals surface area contributed by atoms with Crippen molar-refractivity contribution in [1.82, 2.24) is 9.88 Å². The average molecular weight is 474 g/mol. The van der Waals surface area contributed by atoms with Crippen LogP contribution in [-0.2, 0) is 19.0 Å². The van der Waals surface area contributed by atoms with Crippen molar-refractivity contribution in [2.45, 2.75) is 6.92 Å². The number of aryl methyl sites for hydroxylation is 1. The summed E-state index contributed by atoms with van der Waals surface area (Å²) in [6.07, 6.45) is 1.58. The van der Waals surface area contributed by atoms with E-state index in [4.69, 9.17) is 18.9 Å². The predicted octanol–water partition coefficient (Wildman–Crippen LogP) is 2.47. The number of methoxy groups -OCH3 is 1. The van der Waals surface area contributed by atoms with Crippen molar-refractivity contribution in [2.24, 2.45) is 0 Å². The zero-order valence-corrected chi connectivity index (χ0v) is 19.2. The molecule has 0 spiro atoms. The summed E-state index contributed by atoms with van der Waals surface area (Å²) in [5.41, 5.74) is 2.66. The third-order valence-corrected chi connectivity index (χ3v) is 5.68. The molecule has 2 aliphatic heterocycles. The number of aromatic amines is 1. The van der Waals surface area contributed by atoms with Crippen LogP contribution in [0, 0.1) is 12.7 Å². The molecule has 9 nitrogen and oxygen atoms in total. The zero-order chi connectivity index (χ0) is 24.1. The van der Waals surface area contributed by atoms with Crippen molar-refractivity contribution in [3.63, 3.8) is 0 Å². The zero-order valence-electron chi connectivity index (χ0n) is 19.2. The van der Waals surface area contributed by atoms with Gasteiger partial charge in [-0.15, -0.1) is 0 Å². The van der Waals surface area contributed by atoms with E-state index in [1.54, 1.807) is 17.9 Å². The van der Waals surface area contributed by atoms with E-state index in [0.29, 0.717) is 86.7 Å². The number of ether oxygens (including phenoxy) is 4. The lowest BCUT2D eigenvalue weighted by Gasteiger charge is -2.24. The second kappa shape index (κ2) is 10.8. The number of hydrogen-bond donors (Lipinski definition) is 2. The van der Waals surface area contributed by atoms with Crippen LogP contribution in [-0.4, -0.2) is 81.5 Å². The molecule has 2 N–H and O–H groups in total. The van der Waals surface area contributed by atoms with Crippen LogP contribution in [0.5, 0.6) is 5.75 Å². The molecule has 3 heterocycles. The van der Waals surface area contributed by atoms with E-state index in [1.807, 2.05) is 0 Å². The lowest BCUT2D eigenvalue weighted by atomic mass is 10.1. The first-order chi connectivity index (χ1) is 16.5. The first kappa shape index (κ1) is 23.9. The Morgan fingerprint density at radius 3 is 2.38 bits per heavy atom. The molecular weight excluding hydrogens is 445 g/mol. The highest BCUT2D eigenvalue weighted by molar-refractivity contribution is 6.35. The highest BCUT2D eigenvalue weighted by Gasteiger charge is 2.29. The van der Waals surface area contributed by atoms with Gasteiger partial charge in [0.25, 0.3) is 11.8 Å². The third kappa shape index (κ3) is 5.14. The molecule has 182 valence electrons. The number of carbonyl (C=O) groups excluding carboxylic acids is 2. The second-order valence-electron chi connectivity index (χ2n) is 7.90. The maximum atomic E-state index is 13.8. The first-order valence-corrected chi connectivity index (χ1v) is 11.1. The SMILES string of the molecule is COc1c(/C=C2\C(=O)Nc3ccc(F)cc32)[nH]c(C)c1C(=O)N1CCOCCOCCOCC1. The Labute approximate surface area is 196 Å². The summed E-state index contributed by atoms with van der Waals surface area (Å²) in [4.78, 5) is 30.9. The third-order valence-electron chi connectivity index (χ3n) is 5.68. The Kier molecular flexibility index (Phi) is 7.61. The summed E-state index contributed by atoms with van der Waals surface area (Å²) in [5, 5.41) is 2.72. The van der Waals surface area contributed by atoms with E-state index in [1.165, 1.54) is 25.3 Å². The van der Waals surface area contributed by atoms with Crippen molar-refractivity contribution in [2.75, 3.05) is 65.2 Å². The number of nitrogens with zero attached hydrogens (tertiary/aromatic N) is 1. The first-order valence-electron chi connectivity index (χ1n) is 11.1. The Balaban J connectivity index is 1.63. The largest absolute Gasteiger partial charge is 0.494 e. The number of amides is 2. The fraction of sp³-hybridized carbons (Fsp3) is 0.417. The van der Waals surface area contributed by atoms with Gasteiger partial charge in [-0.25, -0.2) is 4.39 Å². The number of aromatic nitrogens is 1. The number of fused-ring (bicyclic) bond motifs is 1. The van der Waals surface area contributed by atoms with Gasteiger partial charge in [-0.3, -0.25) is 9.59 Å². The lowest BCUT2D eigenvalue weighted by Crippen LogP contribution is -2.37. The van der Waals surface area contributed by atoms with Gasteiger partial charge in [0.2, 0.25) is 0 Å². The lowest BCUT2D eigenvalue weighted by molar-refractivity contribution is -0.110. The minimum atomic E-state index is -0.446. The van der Waals surface area contributed by atoms with Crippen molar-refractivity contribution >= 4 is 29.2 Å². The maximum absolute atomic E-state index is 13.8. The van der Waals surface area contributed by atoms with Gasteiger partial charge in [-0.05, 0) is 31.2 Å².